The van der Waals surface area contributed by atoms with Gasteiger partial charge >= 0.3 is 0 Å². The second kappa shape index (κ2) is 6.65. The van der Waals surface area contributed by atoms with E-state index >= 15 is 0 Å². The highest BCUT2D eigenvalue weighted by molar-refractivity contribution is 7.92. The van der Waals surface area contributed by atoms with Crippen LogP contribution in [0.25, 0.3) is 0 Å². The molecule has 3 N–H and O–H groups in total. The molecule has 0 atom stereocenters. The minimum absolute atomic E-state index is 0.0746. The highest BCUT2D eigenvalue weighted by Crippen LogP contribution is 2.26. The summed E-state index contributed by atoms with van der Waals surface area (Å²) < 4.78 is 28.4. The standard InChI is InChI=1S/C12H14Cl2N4O2S/c13-11-3-2-9(6-12(11)14)17-21(19,20)10-7-16-18(8-10)5-1-4-15/h2-3,6-8,17H,1,4-5,15H2. The van der Waals surface area contributed by atoms with E-state index < -0.39 is 10.0 Å². The largest absolute Gasteiger partial charge is 0.330 e. The number of halogens is 2. The number of aryl methyl sites for hydroxylation is 1. The first-order valence-electron chi connectivity index (χ1n) is 6.13. The molecule has 0 aliphatic heterocycles. The molecule has 6 nitrogen and oxygen atoms in total. The second-order valence-corrected chi connectivity index (χ2v) is 6.81. The van der Waals surface area contributed by atoms with E-state index in [1.165, 1.54) is 35.3 Å². The number of sulfonamides is 1. The maximum absolute atomic E-state index is 12.2. The summed E-state index contributed by atoms with van der Waals surface area (Å²) in [5.74, 6) is 0. The van der Waals surface area contributed by atoms with Crippen molar-refractivity contribution < 1.29 is 8.42 Å². The second-order valence-electron chi connectivity index (χ2n) is 4.32. The van der Waals surface area contributed by atoms with Crippen molar-refractivity contribution in [3.05, 3.63) is 40.6 Å². The van der Waals surface area contributed by atoms with Gasteiger partial charge in [-0.25, -0.2) is 8.42 Å². The minimum Gasteiger partial charge on any atom is -0.330 e. The SMILES string of the molecule is NCCCn1cc(S(=O)(=O)Nc2ccc(Cl)c(Cl)c2)cn1. The van der Waals surface area contributed by atoms with Gasteiger partial charge in [-0.05, 0) is 31.2 Å². The van der Waals surface area contributed by atoms with Crippen molar-refractivity contribution >= 4 is 38.9 Å². The van der Waals surface area contributed by atoms with Gasteiger partial charge in [0.2, 0.25) is 0 Å². The van der Waals surface area contributed by atoms with Gasteiger partial charge in [0.15, 0.2) is 0 Å². The van der Waals surface area contributed by atoms with Crippen LogP contribution in [0.15, 0.2) is 35.5 Å². The highest BCUT2D eigenvalue weighted by atomic mass is 35.5. The summed E-state index contributed by atoms with van der Waals surface area (Å²) in [4.78, 5) is 0.0746. The molecule has 0 amide bonds. The van der Waals surface area contributed by atoms with Crippen molar-refractivity contribution in [3.63, 3.8) is 0 Å². The summed E-state index contributed by atoms with van der Waals surface area (Å²) in [5.41, 5.74) is 5.73. The zero-order valence-electron chi connectivity index (χ0n) is 11.0. The van der Waals surface area contributed by atoms with Crippen LogP contribution in [-0.2, 0) is 16.6 Å². The molecule has 0 aliphatic carbocycles. The molecule has 1 heterocycles. The Morgan fingerprint density at radius 2 is 2.05 bits per heavy atom. The molecule has 2 rings (SSSR count). The van der Waals surface area contributed by atoms with Crippen LogP contribution in [0.2, 0.25) is 10.0 Å². The summed E-state index contributed by atoms with van der Waals surface area (Å²) in [6.07, 6.45) is 3.47. The molecule has 0 fully saturated rings. The van der Waals surface area contributed by atoms with Crippen LogP contribution in [0.5, 0.6) is 0 Å². The molecule has 0 aliphatic rings. The van der Waals surface area contributed by atoms with Crippen LogP contribution in [0.1, 0.15) is 6.42 Å². The predicted molar refractivity (Wildman–Crippen MR) is 83.2 cm³/mol. The molecule has 0 unspecified atom stereocenters. The number of nitrogens with one attached hydrogen (secondary N) is 1. The van der Waals surface area contributed by atoms with Crippen molar-refractivity contribution in [1.29, 1.82) is 0 Å². The number of anilines is 1. The third-order valence-corrected chi connectivity index (χ3v) is 4.76. The molecular weight excluding hydrogens is 335 g/mol. The zero-order valence-corrected chi connectivity index (χ0v) is 13.3. The van der Waals surface area contributed by atoms with E-state index in [2.05, 4.69) is 9.82 Å². The first-order chi connectivity index (χ1) is 9.92. The normalized spacial score (nSPS) is 11.6. The lowest BCUT2D eigenvalue weighted by Crippen LogP contribution is -2.12. The van der Waals surface area contributed by atoms with Gasteiger partial charge in [-0.15, -0.1) is 0 Å². The first-order valence-corrected chi connectivity index (χ1v) is 8.36. The molecule has 2 aromatic rings. The molecule has 0 radical (unpaired) electrons. The van der Waals surface area contributed by atoms with E-state index in [0.717, 1.165) is 6.42 Å². The van der Waals surface area contributed by atoms with E-state index in [0.29, 0.717) is 23.8 Å². The van der Waals surface area contributed by atoms with Gasteiger partial charge in [-0.2, -0.15) is 5.10 Å². The minimum atomic E-state index is -3.71. The van der Waals surface area contributed by atoms with E-state index in [-0.39, 0.29) is 9.92 Å². The van der Waals surface area contributed by atoms with Crippen LogP contribution >= 0.6 is 23.2 Å². The molecule has 1 aromatic carbocycles. The molecule has 21 heavy (non-hydrogen) atoms. The maximum atomic E-state index is 12.2. The van der Waals surface area contributed by atoms with Crippen molar-refractivity contribution in [1.82, 2.24) is 9.78 Å². The molecule has 0 saturated carbocycles. The number of hydrogen-bond donors (Lipinski definition) is 2. The Bertz CT molecular complexity index is 731. The highest BCUT2D eigenvalue weighted by Gasteiger charge is 2.17. The summed E-state index contributed by atoms with van der Waals surface area (Å²) in [5, 5.41) is 4.62. The van der Waals surface area contributed by atoms with E-state index in [1.807, 2.05) is 0 Å². The van der Waals surface area contributed by atoms with Crippen LogP contribution in [-0.4, -0.2) is 24.7 Å². The van der Waals surface area contributed by atoms with Crippen LogP contribution in [0.4, 0.5) is 5.69 Å². The average Bonchev–Trinajstić information content (AvgIpc) is 2.90. The van der Waals surface area contributed by atoms with Gasteiger partial charge in [-0.1, -0.05) is 23.2 Å². The van der Waals surface area contributed by atoms with Gasteiger partial charge in [0, 0.05) is 12.7 Å². The van der Waals surface area contributed by atoms with Gasteiger partial charge in [0.1, 0.15) is 4.90 Å². The van der Waals surface area contributed by atoms with Crippen LogP contribution < -0.4 is 10.5 Å². The maximum Gasteiger partial charge on any atom is 0.265 e. The average molecular weight is 349 g/mol. The number of hydrogen-bond acceptors (Lipinski definition) is 4. The summed E-state index contributed by atoms with van der Waals surface area (Å²) >= 11 is 11.6. The Labute approximate surface area is 132 Å². The number of aromatic nitrogens is 2. The third kappa shape index (κ3) is 4.10. The Hall–Kier alpha value is -1.28. The summed E-state index contributed by atoms with van der Waals surface area (Å²) in [6.45, 7) is 1.09. The Kier molecular flexibility index (Phi) is 5.10. The summed E-state index contributed by atoms with van der Waals surface area (Å²) in [7, 11) is -3.71. The van der Waals surface area contributed by atoms with Gasteiger partial charge in [0.25, 0.3) is 10.0 Å². The first kappa shape index (κ1) is 16.1. The molecule has 1 aromatic heterocycles. The molecule has 9 heteroatoms. The summed E-state index contributed by atoms with van der Waals surface area (Å²) in [6, 6.07) is 4.50. The van der Waals surface area contributed by atoms with Crippen LogP contribution in [0, 0.1) is 0 Å². The van der Waals surface area contributed by atoms with E-state index in [4.69, 9.17) is 28.9 Å². The number of benzene rings is 1. The molecule has 0 bridgehead atoms. The third-order valence-electron chi connectivity index (χ3n) is 2.68. The Morgan fingerprint density at radius 1 is 1.29 bits per heavy atom. The zero-order chi connectivity index (χ0) is 15.5. The van der Waals surface area contributed by atoms with Crippen molar-refractivity contribution in [2.24, 2.45) is 5.73 Å². The number of nitrogens with two attached hydrogens (primary N) is 1. The monoisotopic (exact) mass is 348 g/mol. The van der Waals surface area contributed by atoms with Crippen molar-refractivity contribution in [2.75, 3.05) is 11.3 Å². The predicted octanol–water partition coefficient (Wildman–Crippen LogP) is 2.34. The topological polar surface area (TPSA) is 90.0 Å². The molecule has 0 saturated heterocycles. The Morgan fingerprint density at radius 3 is 2.71 bits per heavy atom. The number of nitrogens with zero attached hydrogens (tertiary/aromatic N) is 2. The van der Waals surface area contributed by atoms with Crippen LogP contribution in [0.3, 0.4) is 0 Å². The van der Waals surface area contributed by atoms with Crippen molar-refractivity contribution in [3.8, 4) is 0 Å². The van der Waals surface area contributed by atoms with E-state index in [9.17, 15) is 8.42 Å². The van der Waals surface area contributed by atoms with Gasteiger partial charge < -0.3 is 5.73 Å². The van der Waals surface area contributed by atoms with Crippen molar-refractivity contribution in [2.45, 2.75) is 17.9 Å². The smallest absolute Gasteiger partial charge is 0.265 e. The lowest BCUT2D eigenvalue weighted by atomic mass is 10.3. The fraction of sp³-hybridized carbons (Fsp3) is 0.250. The molecule has 0 spiro atoms. The van der Waals surface area contributed by atoms with Gasteiger partial charge in [-0.3, -0.25) is 9.40 Å². The fourth-order valence-electron chi connectivity index (χ4n) is 1.63. The number of rotatable bonds is 6. The quantitative estimate of drug-likeness (QED) is 0.838. The Balaban J connectivity index is 2.17. The lowest BCUT2D eigenvalue weighted by molar-refractivity contribution is 0.582. The lowest BCUT2D eigenvalue weighted by Gasteiger charge is -2.07. The molecular formula is C12H14Cl2N4O2S. The molecule has 114 valence electrons. The van der Waals surface area contributed by atoms with E-state index in [1.54, 1.807) is 0 Å². The van der Waals surface area contributed by atoms with Gasteiger partial charge in [0.05, 0.1) is 21.9 Å². The fourth-order valence-corrected chi connectivity index (χ4v) is 2.93.